The van der Waals surface area contributed by atoms with Crippen molar-refractivity contribution < 1.29 is 23.1 Å². The van der Waals surface area contributed by atoms with Gasteiger partial charge in [-0.25, -0.2) is 0 Å². The fraction of sp³-hybridized carbons (Fsp3) is 0.350. The molecule has 2 aromatic rings. The highest BCUT2D eigenvalue weighted by molar-refractivity contribution is 14.1. The van der Waals surface area contributed by atoms with E-state index in [1.54, 1.807) is 18.2 Å². The normalized spacial score (nSPS) is 15.4. The van der Waals surface area contributed by atoms with Gasteiger partial charge >= 0.3 is 6.18 Å². The summed E-state index contributed by atoms with van der Waals surface area (Å²) in [5.74, 6) is -0.612. The molecule has 0 bridgehead atoms. The third-order valence-electron chi connectivity index (χ3n) is 4.86. The molecule has 29 heavy (non-hydrogen) atoms. The van der Waals surface area contributed by atoms with Crippen molar-refractivity contribution in [2.24, 2.45) is 0 Å². The lowest BCUT2D eigenvalue weighted by Gasteiger charge is -2.34. The van der Waals surface area contributed by atoms with E-state index in [0.29, 0.717) is 30.0 Å². The Morgan fingerprint density at radius 3 is 2.41 bits per heavy atom. The Morgan fingerprint density at radius 1 is 1.14 bits per heavy atom. The average molecular weight is 519 g/mol. The number of benzene rings is 2. The van der Waals surface area contributed by atoms with E-state index in [-0.39, 0.29) is 12.2 Å². The third kappa shape index (κ3) is 5.40. The summed E-state index contributed by atoms with van der Waals surface area (Å²) in [6, 6.07) is 8.42. The van der Waals surface area contributed by atoms with Gasteiger partial charge in [0, 0.05) is 46.7 Å². The lowest BCUT2D eigenvalue weighted by atomic mass is 10.1. The number of carbonyl (C=O) groups is 1. The first-order chi connectivity index (χ1) is 13.7. The summed E-state index contributed by atoms with van der Waals surface area (Å²) >= 11 is 2.03. The SMILES string of the molecule is CN1CCN(c2cc(C(=O)Nc3ccc(CO)c(I)c3)cc(C(F)(F)F)c2)CC1. The third-order valence-corrected chi connectivity index (χ3v) is 5.86. The minimum Gasteiger partial charge on any atom is -0.392 e. The molecule has 1 heterocycles. The lowest BCUT2D eigenvalue weighted by molar-refractivity contribution is -0.137. The molecule has 0 aromatic heterocycles. The number of halogens is 4. The van der Waals surface area contributed by atoms with Crippen molar-refractivity contribution in [3.05, 3.63) is 56.7 Å². The van der Waals surface area contributed by atoms with Gasteiger partial charge in [0.2, 0.25) is 0 Å². The fourth-order valence-electron chi connectivity index (χ4n) is 3.11. The van der Waals surface area contributed by atoms with Gasteiger partial charge in [-0.15, -0.1) is 0 Å². The van der Waals surface area contributed by atoms with Crippen LogP contribution in [-0.2, 0) is 12.8 Å². The van der Waals surface area contributed by atoms with Crippen LogP contribution in [0.2, 0.25) is 0 Å². The van der Waals surface area contributed by atoms with Crippen LogP contribution in [-0.4, -0.2) is 49.1 Å². The van der Waals surface area contributed by atoms with Crippen LogP contribution >= 0.6 is 22.6 Å². The zero-order chi connectivity index (χ0) is 21.2. The van der Waals surface area contributed by atoms with Gasteiger partial charge in [-0.3, -0.25) is 4.79 Å². The molecule has 2 aromatic carbocycles. The molecule has 0 unspecified atom stereocenters. The van der Waals surface area contributed by atoms with E-state index in [9.17, 15) is 23.1 Å². The molecular formula is C20H21F3IN3O2. The molecule has 3 rings (SSSR count). The Morgan fingerprint density at radius 2 is 1.83 bits per heavy atom. The van der Waals surface area contributed by atoms with E-state index in [1.807, 2.05) is 34.5 Å². The van der Waals surface area contributed by atoms with E-state index in [1.165, 1.54) is 6.07 Å². The summed E-state index contributed by atoms with van der Waals surface area (Å²) in [5, 5.41) is 11.9. The monoisotopic (exact) mass is 519 g/mol. The number of piperazine rings is 1. The molecule has 2 N–H and O–H groups in total. The first kappa shape index (κ1) is 21.8. The van der Waals surface area contributed by atoms with Gasteiger partial charge in [0.15, 0.2) is 0 Å². The second-order valence-electron chi connectivity index (χ2n) is 6.98. The predicted molar refractivity (Wildman–Crippen MR) is 114 cm³/mol. The topological polar surface area (TPSA) is 55.8 Å². The van der Waals surface area contributed by atoms with Crippen LogP contribution in [0.15, 0.2) is 36.4 Å². The highest BCUT2D eigenvalue weighted by Crippen LogP contribution is 2.33. The molecule has 1 fully saturated rings. The molecule has 1 saturated heterocycles. The Bertz CT molecular complexity index is 897. The van der Waals surface area contributed by atoms with Crippen LogP contribution in [0, 0.1) is 3.57 Å². The Hall–Kier alpha value is -1.85. The maximum absolute atomic E-state index is 13.4. The molecule has 1 amide bonds. The molecule has 0 radical (unpaired) electrons. The van der Waals surface area contributed by atoms with Crippen LogP contribution < -0.4 is 10.2 Å². The molecular weight excluding hydrogens is 498 g/mol. The second-order valence-corrected chi connectivity index (χ2v) is 8.14. The maximum atomic E-state index is 13.4. The minimum absolute atomic E-state index is 0.0463. The maximum Gasteiger partial charge on any atom is 0.416 e. The van der Waals surface area contributed by atoms with Gasteiger partial charge in [-0.1, -0.05) is 6.07 Å². The molecule has 0 atom stereocenters. The standard InChI is InChI=1S/C20H21F3IN3O2/c1-26-4-6-27(7-5-26)17-9-14(8-15(10-17)20(21,22)23)19(29)25-16-3-2-13(12-28)18(24)11-16/h2-3,8-11,28H,4-7,12H2,1H3,(H,25,29). The highest BCUT2D eigenvalue weighted by Gasteiger charge is 2.32. The number of hydrogen-bond acceptors (Lipinski definition) is 4. The molecule has 1 aliphatic rings. The largest absolute Gasteiger partial charge is 0.416 e. The zero-order valence-corrected chi connectivity index (χ0v) is 17.9. The predicted octanol–water partition coefficient (Wildman–Crippen LogP) is 3.81. The van der Waals surface area contributed by atoms with Crippen LogP contribution in [0.5, 0.6) is 0 Å². The number of carbonyl (C=O) groups excluding carboxylic acids is 1. The number of nitrogens with one attached hydrogen (secondary N) is 1. The summed E-state index contributed by atoms with van der Waals surface area (Å²) in [6.45, 7) is 2.55. The molecule has 1 aliphatic heterocycles. The zero-order valence-electron chi connectivity index (χ0n) is 15.8. The number of aliphatic hydroxyl groups excluding tert-OH is 1. The fourth-order valence-corrected chi connectivity index (χ4v) is 3.80. The quantitative estimate of drug-likeness (QED) is 0.604. The van der Waals surface area contributed by atoms with Crippen LogP contribution in [0.4, 0.5) is 24.5 Å². The van der Waals surface area contributed by atoms with Gasteiger partial charge in [0.1, 0.15) is 0 Å². The first-order valence-electron chi connectivity index (χ1n) is 9.04. The molecule has 0 saturated carbocycles. The van der Waals surface area contributed by atoms with Gasteiger partial charge in [-0.05, 0) is 65.5 Å². The summed E-state index contributed by atoms with van der Waals surface area (Å²) in [5.41, 5.74) is 0.665. The van der Waals surface area contributed by atoms with Crippen molar-refractivity contribution in [2.75, 3.05) is 43.4 Å². The number of aliphatic hydroxyl groups is 1. The number of anilines is 2. The van der Waals surface area contributed by atoms with Crippen molar-refractivity contribution in [1.29, 1.82) is 0 Å². The van der Waals surface area contributed by atoms with Crippen LogP contribution in [0.25, 0.3) is 0 Å². The van der Waals surface area contributed by atoms with Crippen molar-refractivity contribution in [2.45, 2.75) is 12.8 Å². The molecule has 156 valence electrons. The van der Waals surface area contributed by atoms with Crippen LogP contribution in [0.1, 0.15) is 21.5 Å². The number of rotatable bonds is 4. The van der Waals surface area contributed by atoms with Crippen molar-refractivity contribution in [3.8, 4) is 0 Å². The highest BCUT2D eigenvalue weighted by atomic mass is 127. The van der Waals surface area contributed by atoms with E-state index in [2.05, 4.69) is 10.2 Å². The van der Waals surface area contributed by atoms with E-state index in [0.717, 1.165) is 28.8 Å². The van der Waals surface area contributed by atoms with E-state index < -0.39 is 17.6 Å². The number of alkyl halides is 3. The van der Waals surface area contributed by atoms with Crippen molar-refractivity contribution >= 4 is 39.9 Å². The summed E-state index contributed by atoms with van der Waals surface area (Å²) in [7, 11) is 1.96. The van der Waals surface area contributed by atoms with Crippen molar-refractivity contribution in [3.63, 3.8) is 0 Å². The molecule has 0 aliphatic carbocycles. The van der Waals surface area contributed by atoms with E-state index in [4.69, 9.17) is 0 Å². The Labute approximate surface area is 180 Å². The second kappa shape index (κ2) is 8.88. The van der Waals surface area contributed by atoms with Gasteiger partial charge < -0.3 is 20.2 Å². The molecule has 9 heteroatoms. The molecule has 0 spiro atoms. The first-order valence-corrected chi connectivity index (χ1v) is 10.1. The summed E-state index contributed by atoms with van der Waals surface area (Å²) in [4.78, 5) is 16.7. The number of hydrogen-bond donors (Lipinski definition) is 2. The molecule has 5 nitrogen and oxygen atoms in total. The number of amides is 1. The van der Waals surface area contributed by atoms with Gasteiger partial charge in [-0.2, -0.15) is 13.2 Å². The van der Waals surface area contributed by atoms with Gasteiger partial charge in [0.05, 0.1) is 12.2 Å². The van der Waals surface area contributed by atoms with Gasteiger partial charge in [0.25, 0.3) is 5.91 Å². The number of nitrogens with zero attached hydrogens (tertiary/aromatic N) is 2. The minimum atomic E-state index is -4.55. The summed E-state index contributed by atoms with van der Waals surface area (Å²) < 4.78 is 41.0. The van der Waals surface area contributed by atoms with E-state index >= 15 is 0 Å². The van der Waals surface area contributed by atoms with Crippen LogP contribution in [0.3, 0.4) is 0 Å². The summed E-state index contributed by atoms with van der Waals surface area (Å²) in [6.07, 6.45) is -4.55. The number of likely N-dealkylation sites (N-methyl/N-ethyl adjacent to an activating group) is 1. The lowest BCUT2D eigenvalue weighted by Crippen LogP contribution is -2.44. The Balaban J connectivity index is 1.89. The smallest absolute Gasteiger partial charge is 0.392 e. The van der Waals surface area contributed by atoms with Crippen molar-refractivity contribution in [1.82, 2.24) is 4.90 Å². The Kier molecular flexibility index (Phi) is 6.69. The average Bonchev–Trinajstić information content (AvgIpc) is 2.67.